The molecule has 8 heteroatoms. The zero-order valence-corrected chi connectivity index (χ0v) is 20.6. The number of piperidine rings is 1. The number of fused-ring (bicyclic) bond motifs is 2. The van der Waals surface area contributed by atoms with E-state index in [2.05, 4.69) is 12.1 Å². The van der Waals surface area contributed by atoms with Crippen LogP contribution in [0.15, 0.2) is 30.3 Å². The maximum absolute atomic E-state index is 13.5. The fourth-order valence-corrected chi connectivity index (χ4v) is 5.84. The van der Waals surface area contributed by atoms with E-state index >= 15 is 0 Å². The van der Waals surface area contributed by atoms with Crippen LogP contribution in [0.1, 0.15) is 63.4 Å². The largest absolute Gasteiger partial charge is 0.449 e. The Balaban J connectivity index is 1.39. The number of likely N-dealkylation sites (tertiary alicyclic amines) is 1. The quantitative estimate of drug-likeness (QED) is 0.288. The number of unbranched alkanes of at least 4 members (excludes halogenated alkanes) is 1. The molecular weight excluding hydrogens is 448 g/mol. The average Bonchev–Trinajstić information content (AvgIpc) is 3.33. The molecule has 0 aromatic heterocycles. The highest BCUT2D eigenvalue weighted by atomic mass is 16.6. The van der Waals surface area contributed by atoms with Crippen LogP contribution in [0.25, 0.3) is 0 Å². The second-order valence-corrected chi connectivity index (χ2v) is 9.98. The molecule has 190 valence electrons. The summed E-state index contributed by atoms with van der Waals surface area (Å²) in [6.45, 7) is 0.846. The molecule has 0 radical (unpaired) electrons. The van der Waals surface area contributed by atoms with E-state index in [0.29, 0.717) is 45.2 Å². The van der Waals surface area contributed by atoms with Gasteiger partial charge in [0.15, 0.2) is 5.60 Å². The molecule has 8 nitrogen and oxygen atoms in total. The molecule has 2 saturated heterocycles. The zero-order chi connectivity index (χ0) is 24.8. The van der Waals surface area contributed by atoms with E-state index < -0.39 is 29.3 Å². The van der Waals surface area contributed by atoms with Crippen LogP contribution in [0.2, 0.25) is 0 Å². The number of carbonyl (C=O) groups is 4. The number of ketones is 1. The molecule has 2 heterocycles. The fourth-order valence-electron chi connectivity index (χ4n) is 5.84. The fraction of sp³-hybridized carbons (Fsp3) is 0.630. The summed E-state index contributed by atoms with van der Waals surface area (Å²) in [7, 11) is 1.38. The first-order chi connectivity index (χ1) is 16.9. The van der Waals surface area contributed by atoms with Gasteiger partial charge in [-0.1, -0.05) is 30.3 Å². The number of methoxy groups -OCH3 is 1. The van der Waals surface area contributed by atoms with Gasteiger partial charge >= 0.3 is 5.97 Å². The predicted octanol–water partition coefficient (Wildman–Crippen LogP) is 2.67. The Morgan fingerprint density at radius 2 is 1.77 bits per heavy atom. The van der Waals surface area contributed by atoms with Crippen LogP contribution in [0.3, 0.4) is 0 Å². The first-order valence-electron chi connectivity index (χ1n) is 12.9. The molecule has 1 saturated carbocycles. The summed E-state index contributed by atoms with van der Waals surface area (Å²) in [4.78, 5) is 55.8. The topological polar surface area (TPSA) is 93.2 Å². The van der Waals surface area contributed by atoms with Gasteiger partial charge in [-0.3, -0.25) is 14.4 Å². The van der Waals surface area contributed by atoms with Crippen molar-refractivity contribution < 1.29 is 28.7 Å². The van der Waals surface area contributed by atoms with Gasteiger partial charge in [-0.15, -0.1) is 0 Å². The SMILES string of the molecule is COCC(=O)OC1(C(=O)C(=O)N2C3CCCC2C(=O)N(CCCCc2ccccc2)C3)CCCC1. The lowest BCUT2D eigenvalue weighted by Gasteiger charge is -2.49. The Kier molecular flexibility index (Phi) is 8.21. The van der Waals surface area contributed by atoms with E-state index in [4.69, 9.17) is 9.47 Å². The Morgan fingerprint density at radius 1 is 1.03 bits per heavy atom. The van der Waals surface area contributed by atoms with Crippen molar-refractivity contribution in [3.05, 3.63) is 35.9 Å². The van der Waals surface area contributed by atoms with E-state index in [1.807, 2.05) is 23.1 Å². The van der Waals surface area contributed by atoms with Crippen molar-refractivity contribution in [3.63, 3.8) is 0 Å². The van der Waals surface area contributed by atoms with E-state index in [0.717, 1.165) is 32.1 Å². The molecule has 2 unspecified atom stereocenters. The van der Waals surface area contributed by atoms with Gasteiger partial charge in [0.25, 0.3) is 11.7 Å². The number of ether oxygens (including phenoxy) is 2. The minimum absolute atomic E-state index is 0.0707. The Bertz CT molecular complexity index is 927. The number of amides is 2. The van der Waals surface area contributed by atoms with Gasteiger partial charge in [0.1, 0.15) is 12.6 Å². The van der Waals surface area contributed by atoms with Crippen molar-refractivity contribution in [1.82, 2.24) is 9.80 Å². The van der Waals surface area contributed by atoms with Gasteiger partial charge in [-0.05, 0) is 69.8 Å². The molecule has 35 heavy (non-hydrogen) atoms. The first-order valence-corrected chi connectivity index (χ1v) is 12.9. The van der Waals surface area contributed by atoms with Crippen molar-refractivity contribution in [2.75, 3.05) is 26.8 Å². The maximum Gasteiger partial charge on any atom is 0.333 e. The number of piperazine rings is 1. The molecule has 1 aromatic carbocycles. The molecule has 2 atom stereocenters. The minimum atomic E-state index is -1.43. The summed E-state index contributed by atoms with van der Waals surface area (Å²) in [5, 5.41) is 0. The highest BCUT2D eigenvalue weighted by molar-refractivity contribution is 6.40. The normalized spacial score (nSPS) is 23.3. The van der Waals surface area contributed by atoms with Crippen molar-refractivity contribution >= 4 is 23.6 Å². The molecule has 0 N–H and O–H groups in total. The summed E-state index contributed by atoms with van der Waals surface area (Å²) < 4.78 is 10.4. The minimum Gasteiger partial charge on any atom is -0.449 e. The van der Waals surface area contributed by atoms with E-state index in [9.17, 15) is 19.2 Å². The third kappa shape index (κ3) is 5.58. The zero-order valence-electron chi connectivity index (χ0n) is 20.6. The van der Waals surface area contributed by atoms with Crippen LogP contribution < -0.4 is 0 Å². The standard InChI is InChI=1S/C27H36N2O6/c1-34-19-23(30)35-27(15-6-7-16-27)24(31)26(33)29-21-13-9-14-22(29)25(32)28(18-21)17-8-5-12-20-10-3-2-4-11-20/h2-4,10-11,21-22H,5-9,12-19H2,1H3. The lowest BCUT2D eigenvalue weighted by atomic mass is 9.87. The lowest BCUT2D eigenvalue weighted by molar-refractivity contribution is -0.177. The lowest BCUT2D eigenvalue weighted by Crippen LogP contribution is -2.67. The number of benzene rings is 1. The number of Topliss-reactive ketones (excluding diaryl/α,β-unsaturated/α-hetero) is 1. The molecule has 2 aliphatic heterocycles. The number of esters is 1. The smallest absolute Gasteiger partial charge is 0.333 e. The Labute approximate surface area is 206 Å². The van der Waals surface area contributed by atoms with Crippen molar-refractivity contribution in [2.45, 2.75) is 81.9 Å². The summed E-state index contributed by atoms with van der Waals surface area (Å²) in [5.74, 6) is -2.09. The summed E-state index contributed by atoms with van der Waals surface area (Å²) in [5.41, 5.74) is -0.143. The Hall–Kier alpha value is -2.74. The molecule has 3 fully saturated rings. The molecule has 4 rings (SSSR count). The molecule has 3 aliphatic rings. The Morgan fingerprint density at radius 3 is 2.49 bits per heavy atom. The molecule has 0 spiro atoms. The van der Waals surface area contributed by atoms with Gasteiger partial charge < -0.3 is 19.3 Å². The number of aryl methyl sites for hydroxylation is 1. The average molecular weight is 485 g/mol. The molecule has 1 aromatic rings. The molecule has 1 aliphatic carbocycles. The molecule has 2 amide bonds. The summed E-state index contributed by atoms with van der Waals surface area (Å²) in [6.07, 6.45) is 7.11. The van der Waals surface area contributed by atoms with Crippen molar-refractivity contribution in [1.29, 1.82) is 0 Å². The number of hydrogen-bond donors (Lipinski definition) is 0. The van der Waals surface area contributed by atoms with Crippen molar-refractivity contribution in [3.8, 4) is 0 Å². The first kappa shape index (κ1) is 25.4. The van der Waals surface area contributed by atoms with Crippen LogP contribution in [0, 0.1) is 0 Å². The van der Waals surface area contributed by atoms with Crippen LogP contribution in [0.4, 0.5) is 0 Å². The number of carbonyl (C=O) groups excluding carboxylic acids is 4. The van der Waals surface area contributed by atoms with Gasteiger partial charge in [-0.25, -0.2) is 4.79 Å². The second kappa shape index (κ2) is 11.3. The monoisotopic (exact) mass is 484 g/mol. The maximum atomic E-state index is 13.5. The van der Waals surface area contributed by atoms with E-state index in [1.165, 1.54) is 17.6 Å². The van der Waals surface area contributed by atoms with Crippen LogP contribution in [-0.2, 0) is 35.1 Å². The third-order valence-corrected chi connectivity index (χ3v) is 7.58. The highest BCUT2D eigenvalue weighted by Gasteiger charge is 2.53. The van der Waals surface area contributed by atoms with E-state index in [-0.39, 0.29) is 18.6 Å². The summed E-state index contributed by atoms with van der Waals surface area (Å²) >= 11 is 0. The third-order valence-electron chi connectivity index (χ3n) is 7.58. The van der Waals surface area contributed by atoms with Crippen LogP contribution in [0.5, 0.6) is 0 Å². The van der Waals surface area contributed by atoms with Gasteiger partial charge in [0.05, 0.1) is 6.04 Å². The van der Waals surface area contributed by atoms with Gasteiger partial charge in [-0.2, -0.15) is 0 Å². The predicted molar refractivity (Wildman–Crippen MR) is 128 cm³/mol. The van der Waals surface area contributed by atoms with Crippen LogP contribution >= 0.6 is 0 Å². The second-order valence-electron chi connectivity index (χ2n) is 9.98. The van der Waals surface area contributed by atoms with Crippen LogP contribution in [-0.4, -0.2) is 77.9 Å². The van der Waals surface area contributed by atoms with Crippen molar-refractivity contribution in [2.24, 2.45) is 0 Å². The summed E-state index contributed by atoms with van der Waals surface area (Å²) in [6, 6.07) is 9.51. The number of hydrogen-bond acceptors (Lipinski definition) is 6. The number of rotatable bonds is 10. The van der Waals surface area contributed by atoms with E-state index in [1.54, 1.807) is 0 Å². The number of nitrogens with zero attached hydrogens (tertiary/aromatic N) is 2. The van der Waals surface area contributed by atoms with Gasteiger partial charge in [0.2, 0.25) is 5.91 Å². The highest BCUT2D eigenvalue weighted by Crippen LogP contribution is 2.37. The molecule has 2 bridgehead atoms. The molecular formula is C27H36N2O6. The van der Waals surface area contributed by atoms with Gasteiger partial charge in [0, 0.05) is 20.2 Å².